The molecule has 0 spiro atoms. The molecule has 1 aliphatic rings. The van der Waals surface area contributed by atoms with Crippen LogP contribution in [0.5, 0.6) is 0 Å². The number of benzene rings is 1. The molecule has 5 nitrogen and oxygen atoms in total. The van der Waals surface area contributed by atoms with Crippen LogP contribution < -0.4 is 10.6 Å². The zero-order chi connectivity index (χ0) is 13.3. The maximum absolute atomic E-state index is 11.5. The highest BCUT2D eigenvalue weighted by Crippen LogP contribution is 2.32. The zero-order valence-electron chi connectivity index (χ0n) is 9.17. The van der Waals surface area contributed by atoms with Crippen LogP contribution in [-0.4, -0.2) is 23.1 Å². The van der Waals surface area contributed by atoms with Crippen LogP contribution in [0.3, 0.4) is 0 Å². The normalized spacial score (nSPS) is 14.1. The number of carboxylic acid groups (broad SMARTS) is 1. The Bertz CT molecular complexity index is 492. The molecule has 0 unspecified atom stereocenters. The van der Waals surface area contributed by atoms with Gasteiger partial charge in [0.1, 0.15) is 0 Å². The monoisotopic (exact) mass is 288 g/mol. The minimum absolute atomic E-state index is 0.0295. The van der Waals surface area contributed by atoms with Crippen LogP contribution in [0.2, 0.25) is 10.0 Å². The first-order valence-electron chi connectivity index (χ1n) is 5.27. The number of urea groups is 1. The molecule has 0 bridgehead atoms. The standard InChI is InChI=1S/C11H10Cl2N2O3/c12-7-3-5(10(16)17)4-8(13)9(7)15-11(18)14-6-1-2-6/h3-4,6H,1-2H2,(H,16,17)(H2,14,15,18). The molecule has 2 rings (SSSR count). The number of carboxylic acids is 1. The lowest BCUT2D eigenvalue weighted by Gasteiger charge is -2.10. The van der Waals surface area contributed by atoms with Gasteiger partial charge < -0.3 is 15.7 Å². The van der Waals surface area contributed by atoms with Crippen molar-refractivity contribution in [3.05, 3.63) is 27.7 Å². The fourth-order valence-electron chi connectivity index (χ4n) is 1.38. The first kappa shape index (κ1) is 13.0. The van der Waals surface area contributed by atoms with E-state index in [9.17, 15) is 9.59 Å². The van der Waals surface area contributed by atoms with E-state index >= 15 is 0 Å². The molecule has 1 saturated carbocycles. The van der Waals surface area contributed by atoms with E-state index in [4.69, 9.17) is 28.3 Å². The van der Waals surface area contributed by atoms with Gasteiger partial charge in [0.15, 0.2) is 0 Å². The van der Waals surface area contributed by atoms with Gasteiger partial charge in [-0.05, 0) is 25.0 Å². The second-order valence-electron chi connectivity index (χ2n) is 3.99. The van der Waals surface area contributed by atoms with Gasteiger partial charge in [0.25, 0.3) is 0 Å². The van der Waals surface area contributed by atoms with Gasteiger partial charge in [-0.15, -0.1) is 0 Å². The van der Waals surface area contributed by atoms with E-state index in [1.807, 2.05) is 0 Å². The van der Waals surface area contributed by atoms with E-state index in [1.54, 1.807) is 0 Å². The van der Waals surface area contributed by atoms with Crippen molar-refractivity contribution < 1.29 is 14.7 Å². The molecule has 3 N–H and O–H groups in total. The Kier molecular flexibility index (Phi) is 3.63. The third-order valence-electron chi connectivity index (χ3n) is 2.44. The number of rotatable bonds is 3. The highest BCUT2D eigenvalue weighted by Gasteiger charge is 2.24. The van der Waals surface area contributed by atoms with Gasteiger partial charge >= 0.3 is 12.0 Å². The summed E-state index contributed by atoms with van der Waals surface area (Å²) in [5.74, 6) is -1.13. The van der Waals surface area contributed by atoms with Crippen molar-refractivity contribution in [3.8, 4) is 0 Å². The molecule has 0 aliphatic heterocycles. The van der Waals surface area contributed by atoms with E-state index in [-0.39, 0.29) is 27.3 Å². The van der Waals surface area contributed by atoms with Gasteiger partial charge in [-0.1, -0.05) is 23.2 Å². The van der Waals surface area contributed by atoms with Gasteiger partial charge in [-0.3, -0.25) is 0 Å². The summed E-state index contributed by atoms with van der Waals surface area (Å²) in [5, 5.41) is 14.2. The predicted octanol–water partition coefficient (Wildman–Crippen LogP) is 2.98. The van der Waals surface area contributed by atoms with Crippen LogP contribution in [0.15, 0.2) is 12.1 Å². The van der Waals surface area contributed by atoms with Gasteiger partial charge in [0.05, 0.1) is 21.3 Å². The molecule has 96 valence electrons. The average molecular weight is 289 g/mol. The van der Waals surface area contributed by atoms with Crippen molar-refractivity contribution in [1.82, 2.24) is 5.32 Å². The van der Waals surface area contributed by atoms with Crippen molar-refractivity contribution in [1.29, 1.82) is 0 Å². The number of hydrogen-bond donors (Lipinski definition) is 3. The minimum atomic E-state index is -1.13. The second kappa shape index (κ2) is 5.04. The highest BCUT2D eigenvalue weighted by atomic mass is 35.5. The van der Waals surface area contributed by atoms with Crippen LogP contribution in [0.4, 0.5) is 10.5 Å². The van der Waals surface area contributed by atoms with Crippen LogP contribution in [0.1, 0.15) is 23.2 Å². The molecule has 0 atom stereocenters. The molecule has 18 heavy (non-hydrogen) atoms. The SMILES string of the molecule is O=C(Nc1c(Cl)cc(C(=O)O)cc1Cl)NC1CC1. The molecule has 0 radical (unpaired) electrons. The number of hydrogen-bond acceptors (Lipinski definition) is 2. The number of carbonyl (C=O) groups excluding carboxylic acids is 1. The van der Waals surface area contributed by atoms with E-state index in [0.29, 0.717) is 0 Å². The maximum atomic E-state index is 11.5. The fourth-order valence-corrected chi connectivity index (χ4v) is 1.96. The van der Waals surface area contributed by atoms with Crippen molar-refractivity contribution in [2.24, 2.45) is 0 Å². The van der Waals surface area contributed by atoms with Gasteiger partial charge in [-0.25, -0.2) is 9.59 Å². The Morgan fingerprint density at radius 3 is 2.22 bits per heavy atom. The average Bonchev–Trinajstić information content (AvgIpc) is 3.06. The number of halogens is 2. The summed E-state index contributed by atoms with van der Waals surface area (Å²) >= 11 is 11.8. The Morgan fingerprint density at radius 2 is 1.78 bits per heavy atom. The summed E-state index contributed by atoms with van der Waals surface area (Å²) in [6.45, 7) is 0. The summed E-state index contributed by atoms with van der Waals surface area (Å²) in [6, 6.07) is 2.29. The first-order chi connectivity index (χ1) is 8.47. The highest BCUT2D eigenvalue weighted by molar-refractivity contribution is 6.40. The van der Waals surface area contributed by atoms with Crippen molar-refractivity contribution in [3.63, 3.8) is 0 Å². The quantitative estimate of drug-likeness (QED) is 0.800. The third kappa shape index (κ3) is 3.05. The van der Waals surface area contributed by atoms with Crippen LogP contribution >= 0.6 is 23.2 Å². The van der Waals surface area contributed by atoms with Crippen LogP contribution in [-0.2, 0) is 0 Å². The second-order valence-corrected chi connectivity index (χ2v) is 4.81. The smallest absolute Gasteiger partial charge is 0.335 e. The van der Waals surface area contributed by atoms with Crippen molar-refractivity contribution >= 4 is 40.9 Å². The van der Waals surface area contributed by atoms with Gasteiger partial charge in [0, 0.05) is 6.04 Å². The largest absolute Gasteiger partial charge is 0.478 e. The molecular formula is C11H10Cl2N2O3. The van der Waals surface area contributed by atoms with Crippen LogP contribution in [0.25, 0.3) is 0 Å². The van der Waals surface area contributed by atoms with E-state index in [0.717, 1.165) is 12.8 Å². The van der Waals surface area contributed by atoms with E-state index in [1.165, 1.54) is 12.1 Å². The summed E-state index contributed by atoms with van der Waals surface area (Å²) in [6.07, 6.45) is 1.93. The fraction of sp³-hybridized carbons (Fsp3) is 0.273. The molecule has 2 amide bonds. The molecule has 0 heterocycles. The van der Waals surface area contributed by atoms with Crippen molar-refractivity contribution in [2.75, 3.05) is 5.32 Å². The summed E-state index contributed by atoms with van der Waals surface area (Å²) in [4.78, 5) is 22.3. The summed E-state index contributed by atoms with van der Waals surface area (Å²) < 4.78 is 0. The Labute approximate surface area is 113 Å². The number of amides is 2. The summed E-state index contributed by atoms with van der Waals surface area (Å²) in [5.41, 5.74) is 0.180. The van der Waals surface area contributed by atoms with Gasteiger partial charge in [-0.2, -0.15) is 0 Å². The zero-order valence-corrected chi connectivity index (χ0v) is 10.7. The Morgan fingerprint density at radius 1 is 1.22 bits per heavy atom. The number of carbonyl (C=O) groups is 2. The molecule has 0 saturated heterocycles. The lowest BCUT2D eigenvalue weighted by molar-refractivity contribution is 0.0697. The lowest BCUT2D eigenvalue weighted by atomic mass is 10.2. The molecule has 7 heteroatoms. The minimum Gasteiger partial charge on any atom is -0.478 e. The Balaban J connectivity index is 2.16. The molecule has 1 aliphatic carbocycles. The molecular weight excluding hydrogens is 279 g/mol. The third-order valence-corrected chi connectivity index (χ3v) is 3.04. The topological polar surface area (TPSA) is 78.4 Å². The number of aromatic carboxylic acids is 1. The molecule has 1 aromatic rings. The first-order valence-corrected chi connectivity index (χ1v) is 6.03. The van der Waals surface area contributed by atoms with Crippen LogP contribution in [0, 0.1) is 0 Å². The molecule has 1 aromatic carbocycles. The molecule has 0 aromatic heterocycles. The Hall–Kier alpha value is -1.46. The van der Waals surface area contributed by atoms with E-state index < -0.39 is 12.0 Å². The van der Waals surface area contributed by atoms with Crippen molar-refractivity contribution in [2.45, 2.75) is 18.9 Å². The lowest BCUT2D eigenvalue weighted by Crippen LogP contribution is -2.30. The van der Waals surface area contributed by atoms with Gasteiger partial charge in [0.2, 0.25) is 0 Å². The maximum Gasteiger partial charge on any atom is 0.335 e. The summed E-state index contributed by atoms with van der Waals surface area (Å²) in [7, 11) is 0. The predicted molar refractivity (Wildman–Crippen MR) is 68.6 cm³/mol. The number of nitrogens with one attached hydrogen (secondary N) is 2. The van der Waals surface area contributed by atoms with E-state index in [2.05, 4.69) is 10.6 Å². The number of anilines is 1. The molecule has 1 fully saturated rings.